The van der Waals surface area contributed by atoms with Crippen molar-refractivity contribution in [2.45, 2.75) is 26.4 Å². The summed E-state index contributed by atoms with van der Waals surface area (Å²) in [6.07, 6.45) is 1.82. The van der Waals surface area contributed by atoms with Crippen LogP contribution in [0.25, 0.3) is 0 Å². The lowest BCUT2D eigenvalue weighted by Crippen LogP contribution is -2.51. The van der Waals surface area contributed by atoms with Gasteiger partial charge < -0.3 is 10.6 Å². The average molecular weight is 276 g/mol. The molecule has 0 radical (unpaired) electrons. The van der Waals surface area contributed by atoms with Crippen molar-refractivity contribution in [3.8, 4) is 0 Å². The lowest BCUT2D eigenvalue weighted by atomic mass is 10.0. The Bertz CT molecular complexity index is 427. The number of carbonyl (C=O) groups is 1. The number of nitrogens with zero attached hydrogens (tertiary/aromatic N) is 3. The van der Waals surface area contributed by atoms with E-state index < -0.39 is 0 Å². The quantitative estimate of drug-likeness (QED) is 0.880. The number of carbonyl (C=O) groups excluding carboxylic acids is 1. The van der Waals surface area contributed by atoms with Gasteiger partial charge in [-0.25, -0.2) is 0 Å². The number of piperazine rings is 1. The third-order valence-electron chi connectivity index (χ3n) is 3.97. The lowest BCUT2D eigenvalue weighted by molar-refractivity contribution is -0.137. The zero-order valence-corrected chi connectivity index (χ0v) is 12.3. The number of hydrogen-bond donors (Lipinski definition) is 1. The molecule has 1 amide bonds. The standard InChI is InChI=1S/C15H24N4O/c1-12(13(2)16)15(20)19-9-7-18(8-10-19)11-14-5-3-4-6-17-14/h3-6,12-13H,7-11,16H2,1-2H3. The number of nitrogens with two attached hydrogens (primary N) is 1. The highest BCUT2D eigenvalue weighted by Crippen LogP contribution is 2.11. The van der Waals surface area contributed by atoms with Crippen molar-refractivity contribution in [1.82, 2.24) is 14.8 Å². The van der Waals surface area contributed by atoms with Gasteiger partial charge in [-0.2, -0.15) is 0 Å². The van der Waals surface area contributed by atoms with Crippen LogP contribution in [-0.4, -0.2) is 52.9 Å². The molecule has 0 spiro atoms. The van der Waals surface area contributed by atoms with E-state index in [1.807, 2.05) is 43.1 Å². The van der Waals surface area contributed by atoms with Crippen LogP contribution >= 0.6 is 0 Å². The molecule has 1 fully saturated rings. The van der Waals surface area contributed by atoms with Gasteiger partial charge in [0.1, 0.15) is 0 Å². The predicted octanol–water partition coefficient (Wildman–Crippen LogP) is 0.709. The van der Waals surface area contributed by atoms with Crippen LogP contribution < -0.4 is 5.73 Å². The highest BCUT2D eigenvalue weighted by atomic mass is 16.2. The maximum Gasteiger partial charge on any atom is 0.227 e. The molecule has 5 heteroatoms. The van der Waals surface area contributed by atoms with Crippen molar-refractivity contribution in [3.63, 3.8) is 0 Å². The molecular formula is C15H24N4O. The normalized spacial score (nSPS) is 19.6. The van der Waals surface area contributed by atoms with E-state index in [2.05, 4.69) is 9.88 Å². The molecule has 5 nitrogen and oxygen atoms in total. The summed E-state index contributed by atoms with van der Waals surface area (Å²) >= 11 is 0. The Morgan fingerprint density at radius 2 is 2.00 bits per heavy atom. The topological polar surface area (TPSA) is 62.5 Å². The average Bonchev–Trinajstić information content (AvgIpc) is 2.47. The van der Waals surface area contributed by atoms with Crippen molar-refractivity contribution in [2.24, 2.45) is 11.7 Å². The van der Waals surface area contributed by atoms with E-state index in [0.717, 1.165) is 38.4 Å². The van der Waals surface area contributed by atoms with Gasteiger partial charge >= 0.3 is 0 Å². The summed E-state index contributed by atoms with van der Waals surface area (Å²) in [5.41, 5.74) is 6.89. The van der Waals surface area contributed by atoms with Crippen LogP contribution in [0.3, 0.4) is 0 Å². The Hall–Kier alpha value is -1.46. The Morgan fingerprint density at radius 3 is 2.55 bits per heavy atom. The van der Waals surface area contributed by atoms with Crippen LogP contribution in [0.2, 0.25) is 0 Å². The smallest absolute Gasteiger partial charge is 0.227 e. The van der Waals surface area contributed by atoms with Gasteiger partial charge in [0.2, 0.25) is 5.91 Å². The molecule has 2 N–H and O–H groups in total. The van der Waals surface area contributed by atoms with Crippen LogP contribution in [0.5, 0.6) is 0 Å². The summed E-state index contributed by atoms with van der Waals surface area (Å²) in [5.74, 6) is 0.0785. The second-order valence-electron chi connectivity index (χ2n) is 5.57. The van der Waals surface area contributed by atoms with Gasteiger partial charge in [-0.3, -0.25) is 14.7 Å². The van der Waals surface area contributed by atoms with Crippen LogP contribution in [0.1, 0.15) is 19.5 Å². The molecular weight excluding hydrogens is 252 g/mol. The third-order valence-corrected chi connectivity index (χ3v) is 3.97. The lowest BCUT2D eigenvalue weighted by Gasteiger charge is -2.36. The third kappa shape index (κ3) is 3.77. The summed E-state index contributed by atoms with van der Waals surface area (Å²) in [5, 5.41) is 0. The molecule has 0 aliphatic carbocycles. The number of amides is 1. The van der Waals surface area contributed by atoms with Gasteiger partial charge in [0.25, 0.3) is 0 Å². The van der Waals surface area contributed by atoms with E-state index in [4.69, 9.17) is 5.73 Å². The van der Waals surface area contributed by atoms with Crippen molar-refractivity contribution in [1.29, 1.82) is 0 Å². The van der Waals surface area contributed by atoms with Crippen molar-refractivity contribution < 1.29 is 4.79 Å². The monoisotopic (exact) mass is 276 g/mol. The minimum absolute atomic E-state index is 0.0888. The van der Waals surface area contributed by atoms with Crippen molar-refractivity contribution in [2.75, 3.05) is 26.2 Å². The first-order valence-corrected chi connectivity index (χ1v) is 7.24. The fraction of sp³-hybridized carbons (Fsp3) is 0.600. The first kappa shape index (κ1) is 14.9. The number of aromatic nitrogens is 1. The zero-order valence-electron chi connectivity index (χ0n) is 12.3. The van der Waals surface area contributed by atoms with Crippen LogP contribution in [0.4, 0.5) is 0 Å². The Labute approximate surface area is 120 Å². The van der Waals surface area contributed by atoms with Gasteiger partial charge in [-0.1, -0.05) is 13.0 Å². The zero-order chi connectivity index (χ0) is 14.5. The molecule has 0 saturated carbocycles. The van der Waals surface area contributed by atoms with Gasteiger partial charge in [0, 0.05) is 45.0 Å². The second kappa shape index (κ2) is 6.81. The predicted molar refractivity (Wildman–Crippen MR) is 78.9 cm³/mol. The van der Waals surface area contributed by atoms with Gasteiger partial charge in [-0.05, 0) is 19.1 Å². The summed E-state index contributed by atoms with van der Waals surface area (Å²) < 4.78 is 0. The largest absolute Gasteiger partial charge is 0.340 e. The maximum absolute atomic E-state index is 12.2. The molecule has 2 rings (SSSR count). The summed E-state index contributed by atoms with van der Waals surface area (Å²) in [7, 11) is 0. The molecule has 2 unspecified atom stereocenters. The maximum atomic E-state index is 12.2. The first-order chi connectivity index (χ1) is 9.58. The fourth-order valence-corrected chi connectivity index (χ4v) is 2.36. The Morgan fingerprint density at radius 1 is 1.30 bits per heavy atom. The van der Waals surface area contributed by atoms with Crippen molar-refractivity contribution in [3.05, 3.63) is 30.1 Å². The van der Waals surface area contributed by atoms with E-state index in [0.29, 0.717) is 0 Å². The van der Waals surface area contributed by atoms with E-state index >= 15 is 0 Å². The van der Waals surface area contributed by atoms with Gasteiger partial charge in [0.15, 0.2) is 0 Å². The van der Waals surface area contributed by atoms with Crippen LogP contribution in [0.15, 0.2) is 24.4 Å². The Balaban J connectivity index is 1.82. The molecule has 0 aromatic carbocycles. The van der Waals surface area contributed by atoms with Crippen molar-refractivity contribution >= 4 is 5.91 Å². The van der Waals surface area contributed by atoms with E-state index in [1.165, 1.54) is 0 Å². The molecule has 0 bridgehead atoms. The van der Waals surface area contributed by atoms with Crippen LogP contribution in [-0.2, 0) is 11.3 Å². The molecule has 20 heavy (non-hydrogen) atoms. The fourth-order valence-electron chi connectivity index (χ4n) is 2.36. The molecule has 1 aromatic rings. The van der Waals surface area contributed by atoms with Gasteiger partial charge in [-0.15, -0.1) is 0 Å². The molecule has 1 aliphatic rings. The minimum Gasteiger partial charge on any atom is -0.340 e. The van der Waals surface area contributed by atoms with Crippen LogP contribution in [0, 0.1) is 5.92 Å². The number of pyridine rings is 1. The highest BCUT2D eigenvalue weighted by Gasteiger charge is 2.26. The molecule has 1 saturated heterocycles. The molecule has 110 valence electrons. The number of hydrogen-bond acceptors (Lipinski definition) is 4. The summed E-state index contributed by atoms with van der Waals surface area (Å²) in [4.78, 5) is 20.8. The summed E-state index contributed by atoms with van der Waals surface area (Å²) in [6.45, 7) is 8.01. The summed E-state index contributed by atoms with van der Waals surface area (Å²) in [6, 6.07) is 5.88. The van der Waals surface area contributed by atoms with E-state index in [9.17, 15) is 4.79 Å². The highest BCUT2D eigenvalue weighted by molar-refractivity contribution is 5.79. The van der Waals surface area contributed by atoms with E-state index in [-0.39, 0.29) is 17.9 Å². The number of rotatable bonds is 4. The molecule has 2 heterocycles. The van der Waals surface area contributed by atoms with E-state index in [1.54, 1.807) is 0 Å². The molecule has 1 aliphatic heterocycles. The first-order valence-electron chi connectivity index (χ1n) is 7.24. The Kier molecular flexibility index (Phi) is 5.09. The second-order valence-corrected chi connectivity index (χ2v) is 5.57. The van der Waals surface area contributed by atoms with Gasteiger partial charge in [0.05, 0.1) is 11.6 Å². The molecule has 2 atom stereocenters. The SMILES string of the molecule is CC(N)C(C)C(=O)N1CCN(Cc2ccccn2)CC1. The minimum atomic E-state index is -0.0997. The molecule has 1 aromatic heterocycles.